The first kappa shape index (κ1) is 14.0. The fourth-order valence-corrected chi connectivity index (χ4v) is 3.09. The molecule has 1 unspecified atom stereocenters. The van der Waals surface area contributed by atoms with Crippen LogP contribution in [0.5, 0.6) is 0 Å². The Balaban J connectivity index is 1.78. The molecule has 1 atom stereocenters. The standard InChI is InChI=1S/C16H25NS/c1-3-18-11-10-13(2)17-12-15-6-4-5-7-16(15)14-8-9-14/h4-7,13-14,17H,3,8-12H2,1-2H3. The van der Waals surface area contributed by atoms with Gasteiger partial charge in [-0.3, -0.25) is 0 Å². The average molecular weight is 263 g/mol. The molecule has 1 aromatic rings. The molecule has 100 valence electrons. The van der Waals surface area contributed by atoms with Crippen molar-refractivity contribution in [3.8, 4) is 0 Å². The zero-order chi connectivity index (χ0) is 12.8. The van der Waals surface area contributed by atoms with Crippen molar-refractivity contribution in [2.45, 2.75) is 51.6 Å². The Bertz CT molecular complexity index is 360. The minimum Gasteiger partial charge on any atom is -0.310 e. The zero-order valence-electron chi connectivity index (χ0n) is 11.6. The van der Waals surface area contributed by atoms with E-state index in [1.807, 2.05) is 11.8 Å². The van der Waals surface area contributed by atoms with E-state index in [0.29, 0.717) is 6.04 Å². The fraction of sp³-hybridized carbons (Fsp3) is 0.625. The van der Waals surface area contributed by atoms with Crippen molar-refractivity contribution >= 4 is 11.8 Å². The van der Waals surface area contributed by atoms with Crippen LogP contribution in [0.25, 0.3) is 0 Å². The van der Waals surface area contributed by atoms with Crippen LogP contribution in [-0.4, -0.2) is 17.5 Å². The van der Waals surface area contributed by atoms with Crippen molar-refractivity contribution in [3.63, 3.8) is 0 Å². The second-order valence-electron chi connectivity index (χ2n) is 5.24. The lowest BCUT2D eigenvalue weighted by Gasteiger charge is -2.15. The highest BCUT2D eigenvalue weighted by molar-refractivity contribution is 7.99. The van der Waals surface area contributed by atoms with Crippen LogP contribution in [0.1, 0.15) is 50.2 Å². The first-order chi connectivity index (χ1) is 8.81. The molecule has 1 fully saturated rings. The number of thioether (sulfide) groups is 1. The van der Waals surface area contributed by atoms with Crippen LogP contribution >= 0.6 is 11.8 Å². The van der Waals surface area contributed by atoms with Crippen LogP contribution in [0, 0.1) is 0 Å². The summed E-state index contributed by atoms with van der Waals surface area (Å²) in [6.07, 6.45) is 4.05. The Morgan fingerprint density at radius 2 is 2.11 bits per heavy atom. The molecule has 1 aliphatic carbocycles. The van der Waals surface area contributed by atoms with E-state index in [1.165, 1.54) is 36.3 Å². The second kappa shape index (κ2) is 7.20. The van der Waals surface area contributed by atoms with Gasteiger partial charge in [0.1, 0.15) is 0 Å². The van der Waals surface area contributed by atoms with Crippen molar-refractivity contribution in [2.75, 3.05) is 11.5 Å². The summed E-state index contributed by atoms with van der Waals surface area (Å²) in [5.41, 5.74) is 3.09. The predicted molar refractivity (Wildman–Crippen MR) is 82.3 cm³/mol. The molecule has 18 heavy (non-hydrogen) atoms. The van der Waals surface area contributed by atoms with E-state index in [0.717, 1.165) is 12.5 Å². The lowest BCUT2D eigenvalue weighted by Crippen LogP contribution is -2.26. The van der Waals surface area contributed by atoms with Gasteiger partial charge in [-0.15, -0.1) is 0 Å². The average Bonchev–Trinajstić information content (AvgIpc) is 3.21. The Morgan fingerprint density at radius 3 is 2.83 bits per heavy atom. The van der Waals surface area contributed by atoms with Crippen molar-refractivity contribution in [2.24, 2.45) is 0 Å². The molecule has 1 aliphatic rings. The quantitative estimate of drug-likeness (QED) is 0.706. The number of benzene rings is 1. The highest BCUT2D eigenvalue weighted by Crippen LogP contribution is 2.41. The van der Waals surface area contributed by atoms with Crippen LogP contribution < -0.4 is 5.32 Å². The van der Waals surface area contributed by atoms with E-state index in [4.69, 9.17) is 0 Å². The van der Waals surface area contributed by atoms with E-state index >= 15 is 0 Å². The van der Waals surface area contributed by atoms with Crippen LogP contribution in [0.3, 0.4) is 0 Å². The van der Waals surface area contributed by atoms with Gasteiger partial charge in [0.2, 0.25) is 0 Å². The Labute approximate surface area is 116 Å². The zero-order valence-corrected chi connectivity index (χ0v) is 12.4. The molecule has 0 aliphatic heterocycles. The van der Waals surface area contributed by atoms with E-state index < -0.39 is 0 Å². The van der Waals surface area contributed by atoms with Gasteiger partial charge in [-0.2, -0.15) is 11.8 Å². The van der Waals surface area contributed by atoms with E-state index in [-0.39, 0.29) is 0 Å². The van der Waals surface area contributed by atoms with Gasteiger partial charge < -0.3 is 5.32 Å². The normalized spacial score (nSPS) is 16.8. The van der Waals surface area contributed by atoms with E-state index in [2.05, 4.69) is 43.4 Å². The molecule has 1 nitrogen and oxygen atoms in total. The highest BCUT2D eigenvalue weighted by Gasteiger charge is 2.25. The maximum absolute atomic E-state index is 3.67. The predicted octanol–water partition coefficient (Wildman–Crippen LogP) is 4.19. The Morgan fingerprint density at radius 1 is 1.33 bits per heavy atom. The Hall–Kier alpha value is -0.470. The van der Waals surface area contributed by atoms with Crippen molar-refractivity contribution in [1.29, 1.82) is 0 Å². The number of nitrogens with one attached hydrogen (secondary N) is 1. The third-order valence-corrected chi connectivity index (χ3v) is 4.55. The SMILES string of the molecule is CCSCCC(C)NCc1ccccc1C1CC1. The van der Waals surface area contributed by atoms with Gasteiger partial charge in [0.15, 0.2) is 0 Å². The molecular weight excluding hydrogens is 238 g/mol. The highest BCUT2D eigenvalue weighted by atomic mass is 32.2. The van der Waals surface area contributed by atoms with E-state index in [9.17, 15) is 0 Å². The molecule has 1 N–H and O–H groups in total. The Kier molecular flexibility index (Phi) is 5.58. The molecule has 0 amide bonds. The van der Waals surface area contributed by atoms with Crippen molar-refractivity contribution in [3.05, 3.63) is 35.4 Å². The summed E-state index contributed by atoms with van der Waals surface area (Å²) in [5, 5.41) is 3.67. The van der Waals surface area contributed by atoms with Crippen LogP contribution in [-0.2, 0) is 6.54 Å². The summed E-state index contributed by atoms with van der Waals surface area (Å²) in [6, 6.07) is 9.57. The summed E-state index contributed by atoms with van der Waals surface area (Å²) in [7, 11) is 0. The summed E-state index contributed by atoms with van der Waals surface area (Å²) < 4.78 is 0. The first-order valence-corrected chi connectivity index (χ1v) is 8.35. The lowest BCUT2D eigenvalue weighted by atomic mass is 10.0. The first-order valence-electron chi connectivity index (χ1n) is 7.20. The molecule has 0 aromatic heterocycles. The minimum atomic E-state index is 0.622. The van der Waals surface area contributed by atoms with Crippen LogP contribution in [0.2, 0.25) is 0 Å². The summed E-state index contributed by atoms with van der Waals surface area (Å²) >= 11 is 2.04. The molecule has 2 rings (SSSR count). The third-order valence-electron chi connectivity index (χ3n) is 3.61. The number of hydrogen-bond donors (Lipinski definition) is 1. The second-order valence-corrected chi connectivity index (χ2v) is 6.63. The monoisotopic (exact) mass is 263 g/mol. The number of rotatable bonds is 8. The van der Waals surface area contributed by atoms with Gasteiger partial charge in [-0.05, 0) is 54.7 Å². The smallest absolute Gasteiger partial charge is 0.0210 e. The fourth-order valence-electron chi connectivity index (χ4n) is 2.28. The summed E-state index contributed by atoms with van der Waals surface area (Å²) in [6.45, 7) is 5.56. The third kappa shape index (κ3) is 4.33. The lowest BCUT2D eigenvalue weighted by molar-refractivity contribution is 0.536. The van der Waals surface area contributed by atoms with E-state index in [1.54, 1.807) is 5.56 Å². The molecule has 0 saturated heterocycles. The van der Waals surface area contributed by atoms with Crippen molar-refractivity contribution < 1.29 is 0 Å². The molecule has 1 aromatic carbocycles. The largest absolute Gasteiger partial charge is 0.310 e. The maximum atomic E-state index is 3.67. The van der Waals surface area contributed by atoms with Gasteiger partial charge in [0.05, 0.1) is 0 Å². The minimum absolute atomic E-state index is 0.622. The molecule has 1 saturated carbocycles. The van der Waals surface area contributed by atoms with Crippen LogP contribution in [0.4, 0.5) is 0 Å². The van der Waals surface area contributed by atoms with Gasteiger partial charge in [0.25, 0.3) is 0 Å². The topological polar surface area (TPSA) is 12.0 Å². The van der Waals surface area contributed by atoms with Crippen molar-refractivity contribution in [1.82, 2.24) is 5.32 Å². The molecule has 0 bridgehead atoms. The molecule has 0 radical (unpaired) electrons. The van der Waals surface area contributed by atoms with Gasteiger partial charge in [-0.1, -0.05) is 31.2 Å². The summed E-state index contributed by atoms with van der Waals surface area (Å²) in [4.78, 5) is 0. The molecule has 0 heterocycles. The van der Waals surface area contributed by atoms with Gasteiger partial charge >= 0.3 is 0 Å². The van der Waals surface area contributed by atoms with Gasteiger partial charge in [-0.25, -0.2) is 0 Å². The summed E-state index contributed by atoms with van der Waals surface area (Å²) in [5.74, 6) is 3.36. The molecule has 2 heteroatoms. The van der Waals surface area contributed by atoms with Crippen LogP contribution in [0.15, 0.2) is 24.3 Å². The molecular formula is C16H25NS. The maximum Gasteiger partial charge on any atom is 0.0210 e. The number of hydrogen-bond acceptors (Lipinski definition) is 2. The van der Waals surface area contributed by atoms with Gasteiger partial charge in [0, 0.05) is 12.6 Å². The molecule has 0 spiro atoms.